The zero-order valence-corrected chi connectivity index (χ0v) is 25.8. The van der Waals surface area contributed by atoms with E-state index in [1.165, 1.54) is 83.5 Å². The molecule has 0 fully saturated rings. The molecule has 0 atom stereocenters. The predicted octanol–water partition coefficient (Wildman–Crippen LogP) is 10.6. The average Bonchev–Trinajstić information content (AvgIpc) is 2.96. The van der Waals surface area contributed by atoms with Crippen molar-refractivity contribution < 1.29 is 18.6 Å². The Morgan fingerprint density at radius 2 is 1.18 bits per heavy atom. The quantitative estimate of drug-likeness (QED) is 0.0691. The Bertz CT molecular complexity index is 993. The lowest BCUT2D eigenvalue weighted by atomic mass is 10.1. The predicted molar refractivity (Wildman–Crippen MR) is 168 cm³/mol. The molecule has 0 amide bonds. The maximum Gasteiger partial charge on any atom is 0.383 e. The number of benzene rings is 1. The number of allylic oxidation sites excluding steroid dienone is 1. The summed E-state index contributed by atoms with van der Waals surface area (Å²) in [5, 5.41) is 0.740. The molecule has 0 bridgehead atoms. The molecule has 0 aliphatic carbocycles. The van der Waals surface area contributed by atoms with Gasteiger partial charge in [-0.2, -0.15) is 0 Å². The Morgan fingerprint density at radius 3 is 1.77 bits per heavy atom. The second-order valence-corrected chi connectivity index (χ2v) is 10.9. The molecule has 0 aliphatic heterocycles. The molecule has 1 aromatic carbocycles. The largest absolute Gasteiger partial charge is 0.493 e. The lowest BCUT2D eigenvalue weighted by Gasteiger charge is -2.14. The van der Waals surface area contributed by atoms with E-state index in [-0.39, 0.29) is 5.75 Å². The fraction of sp³-hybridized carbons (Fsp3) is 0.686. The highest BCUT2D eigenvalue weighted by Gasteiger charge is 2.18. The first-order chi connectivity index (χ1) is 19.7. The topological polar surface area (TPSA) is 57.9 Å². The molecule has 2 aromatic rings. The highest BCUT2D eigenvalue weighted by Crippen LogP contribution is 2.35. The van der Waals surface area contributed by atoms with Crippen LogP contribution < -0.4 is 19.8 Å². The molecule has 0 radical (unpaired) electrons. The third-order valence-electron chi connectivity index (χ3n) is 7.24. The van der Waals surface area contributed by atoms with Gasteiger partial charge in [0.2, 0.25) is 5.75 Å². The van der Waals surface area contributed by atoms with Crippen molar-refractivity contribution >= 4 is 11.0 Å². The summed E-state index contributed by atoms with van der Waals surface area (Å²) >= 11 is 0. The van der Waals surface area contributed by atoms with Crippen LogP contribution >= 0.6 is 0 Å². The maximum absolute atomic E-state index is 13.0. The van der Waals surface area contributed by atoms with Gasteiger partial charge in [0.1, 0.15) is 11.3 Å². The second kappa shape index (κ2) is 22.3. The minimum atomic E-state index is -0.494. The van der Waals surface area contributed by atoms with Gasteiger partial charge in [-0.15, -0.1) is 0 Å². The first kappa shape index (κ1) is 33.8. The highest BCUT2D eigenvalue weighted by atomic mass is 16.5. The van der Waals surface area contributed by atoms with E-state index < -0.39 is 5.63 Å². The molecule has 5 heteroatoms. The second-order valence-electron chi connectivity index (χ2n) is 10.9. The van der Waals surface area contributed by atoms with Crippen LogP contribution in [0.15, 0.2) is 39.6 Å². The molecule has 0 saturated carbocycles. The van der Waals surface area contributed by atoms with Crippen LogP contribution in [0.3, 0.4) is 0 Å². The van der Waals surface area contributed by atoms with Crippen molar-refractivity contribution in [1.29, 1.82) is 0 Å². The van der Waals surface area contributed by atoms with Crippen molar-refractivity contribution in [3.05, 3.63) is 40.8 Å². The normalized spacial score (nSPS) is 11.5. The summed E-state index contributed by atoms with van der Waals surface area (Å²) < 4.78 is 23.8. The first-order valence-corrected chi connectivity index (χ1v) is 16.3. The van der Waals surface area contributed by atoms with Crippen molar-refractivity contribution in [1.82, 2.24) is 0 Å². The van der Waals surface area contributed by atoms with E-state index >= 15 is 0 Å². The van der Waals surface area contributed by atoms with Gasteiger partial charge in [-0.1, -0.05) is 123 Å². The molecular formula is C35H56O5. The van der Waals surface area contributed by atoms with E-state index in [2.05, 4.69) is 32.9 Å². The molecule has 0 saturated heterocycles. The van der Waals surface area contributed by atoms with Crippen LogP contribution in [-0.4, -0.2) is 19.8 Å². The number of fused-ring (bicyclic) bond motifs is 1. The van der Waals surface area contributed by atoms with E-state index in [1.807, 2.05) is 12.1 Å². The SMILES string of the molecule is CCC=CCCOc1c(OCCCCCCCCCC)c(=O)oc2cc(OCCCCCCCCCC)ccc12. The summed E-state index contributed by atoms with van der Waals surface area (Å²) in [4.78, 5) is 13.0. The Hall–Kier alpha value is -2.43. The van der Waals surface area contributed by atoms with Crippen LogP contribution in [0, 0.1) is 0 Å². The van der Waals surface area contributed by atoms with Gasteiger partial charge in [0, 0.05) is 6.07 Å². The fourth-order valence-corrected chi connectivity index (χ4v) is 4.84. The van der Waals surface area contributed by atoms with Gasteiger partial charge in [-0.05, 0) is 37.8 Å². The van der Waals surface area contributed by atoms with Crippen molar-refractivity contribution in [2.24, 2.45) is 0 Å². The van der Waals surface area contributed by atoms with Gasteiger partial charge in [-0.25, -0.2) is 4.79 Å². The number of hydrogen-bond donors (Lipinski definition) is 0. The third-order valence-corrected chi connectivity index (χ3v) is 7.24. The van der Waals surface area contributed by atoms with Gasteiger partial charge < -0.3 is 18.6 Å². The zero-order chi connectivity index (χ0) is 28.7. The summed E-state index contributed by atoms with van der Waals surface area (Å²) in [5.74, 6) is 1.37. The molecule has 5 nitrogen and oxygen atoms in total. The Morgan fingerprint density at radius 1 is 0.625 bits per heavy atom. The van der Waals surface area contributed by atoms with Crippen LogP contribution in [0.1, 0.15) is 136 Å². The monoisotopic (exact) mass is 556 g/mol. The summed E-state index contributed by atoms with van der Waals surface area (Å²) in [7, 11) is 0. The Labute approximate surface area is 243 Å². The number of ether oxygens (including phenoxy) is 3. The molecule has 0 unspecified atom stereocenters. The molecule has 40 heavy (non-hydrogen) atoms. The van der Waals surface area contributed by atoms with Crippen molar-refractivity contribution in [3.8, 4) is 17.2 Å². The molecule has 1 heterocycles. The average molecular weight is 557 g/mol. The molecule has 226 valence electrons. The van der Waals surface area contributed by atoms with E-state index in [4.69, 9.17) is 18.6 Å². The molecule has 0 N–H and O–H groups in total. The lowest BCUT2D eigenvalue weighted by Crippen LogP contribution is -2.12. The molecule has 0 aliphatic rings. The van der Waals surface area contributed by atoms with Crippen molar-refractivity contribution in [2.75, 3.05) is 19.8 Å². The first-order valence-electron chi connectivity index (χ1n) is 16.3. The van der Waals surface area contributed by atoms with E-state index in [0.717, 1.165) is 37.5 Å². The number of hydrogen-bond acceptors (Lipinski definition) is 5. The minimum Gasteiger partial charge on any atom is -0.493 e. The molecular weight excluding hydrogens is 500 g/mol. The summed E-state index contributed by atoms with van der Waals surface area (Å²) in [6.07, 6.45) is 25.8. The number of rotatable bonds is 25. The van der Waals surface area contributed by atoms with Gasteiger partial charge >= 0.3 is 5.63 Å². The van der Waals surface area contributed by atoms with Crippen molar-refractivity contribution in [3.63, 3.8) is 0 Å². The van der Waals surface area contributed by atoms with Gasteiger partial charge in [0.15, 0.2) is 5.75 Å². The van der Waals surface area contributed by atoms with E-state index in [1.54, 1.807) is 6.07 Å². The highest BCUT2D eigenvalue weighted by molar-refractivity contribution is 5.86. The minimum absolute atomic E-state index is 0.183. The van der Waals surface area contributed by atoms with E-state index in [9.17, 15) is 4.79 Å². The van der Waals surface area contributed by atoms with Crippen LogP contribution in [0.5, 0.6) is 17.2 Å². The summed E-state index contributed by atoms with van der Waals surface area (Å²) in [6.45, 7) is 8.22. The smallest absolute Gasteiger partial charge is 0.383 e. The van der Waals surface area contributed by atoms with Gasteiger partial charge in [-0.3, -0.25) is 0 Å². The van der Waals surface area contributed by atoms with E-state index in [0.29, 0.717) is 36.9 Å². The van der Waals surface area contributed by atoms with Crippen LogP contribution in [0.25, 0.3) is 11.0 Å². The van der Waals surface area contributed by atoms with Gasteiger partial charge in [0.25, 0.3) is 0 Å². The summed E-state index contributed by atoms with van der Waals surface area (Å²) in [6, 6.07) is 5.65. The zero-order valence-electron chi connectivity index (χ0n) is 25.8. The molecule has 0 spiro atoms. The third kappa shape index (κ3) is 13.8. The fourth-order valence-electron chi connectivity index (χ4n) is 4.84. The van der Waals surface area contributed by atoms with Gasteiger partial charge in [0.05, 0.1) is 25.2 Å². The number of unbranched alkanes of at least 4 members (excludes halogenated alkanes) is 14. The Kier molecular flexibility index (Phi) is 18.8. The molecule has 1 aromatic heterocycles. The van der Waals surface area contributed by atoms with Crippen LogP contribution in [0.4, 0.5) is 0 Å². The lowest BCUT2D eigenvalue weighted by molar-refractivity contribution is 0.256. The van der Waals surface area contributed by atoms with Crippen LogP contribution in [0.2, 0.25) is 0 Å². The summed E-state index contributed by atoms with van der Waals surface area (Å²) in [5.41, 5.74) is -0.0247. The van der Waals surface area contributed by atoms with Crippen LogP contribution in [-0.2, 0) is 0 Å². The molecule has 2 rings (SSSR count). The van der Waals surface area contributed by atoms with Crippen molar-refractivity contribution in [2.45, 2.75) is 136 Å². The maximum atomic E-state index is 13.0. The standard InChI is InChI=1S/C35H56O5/c1-4-7-10-13-15-17-19-22-26-37-30-24-25-31-32(29-30)40-35(36)34(33(31)38-27-21-12-9-6-3)39-28-23-20-18-16-14-11-8-5-2/h9,12,24-25,29H,4-8,10-11,13-23,26-28H2,1-3H3. The Balaban J connectivity index is 1.95.